The highest BCUT2D eigenvalue weighted by atomic mass is 32.1. The lowest BCUT2D eigenvalue weighted by Gasteiger charge is -2.22. The maximum atomic E-state index is 13.0. The van der Waals surface area contributed by atoms with Crippen molar-refractivity contribution in [3.8, 4) is 0 Å². The average molecular weight is 342 g/mol. The van der Waals surface area contributed by atoms with E-state index in [0.29, 0.717) is 23.5 Å². The highest BCUT2D eigenvalue weighted by Crippen LogP contribution is 2.18. The second-order valence-corrected chi connectivity index (χ2v) is 5.64. The van der Waals surface area contributed by atoms with Crippen molar-refractivity contribution >= 4 is 23.4 Å². The van der Waals surface area contributed by atoms with Gasteiger partial charge in [-0.05, 0) is 49.4 Å². The summed E-state index contributed by atoms with van der Waals surface area (Å²) in [5.41, 5.74) is 2.81. The van der Waals surface area contributed by atoms with E-state index in [4.69, 9.17) is 0 Å². The van der Waals surface area contributed by atoms with Gasteiger partial charge in [-0.1, -0.05) is 24.8 Å². The first-order valence-electron chi connectivity index (χ1n) is 7.54. The molecule has 1 heterocycles. The van der Waals surface area contributed by atoms with Gasteiger partial charge in [0.1, 0.15) is 5.82 Å². The van der Waals surface area contributed by atoms with Crippen LogP contribution in [0.25, 0.3) is 5.70 Å². The van der Waals surface area contributed by atoms with E-state index in [1.54, 1.807) is 30.5 Å². The van der Waals surface area contributed by atoms with Gasteiger partial charge in [0.2, 0.25) is 5.12 Å². The monoisotopic (exact) mass is 342 g/mol. The summed E-state index contributed by atoms with van der Waals surface area (Å²) < 4.78 is 13.0. The van der Waals surface area contributed by atoms with Crippen molar-refractivity contribution in [2.75, 3.05) is 6.54 Å². The average Bonchev–Trinajstić information content (AvgIpc) is 2.59. The number of benzene rings is 1. The molecule has 24 heavy (non-hydrogen) atoms. The highest BCUT2D eigenvalue weighted by Gasteiger charge is 2.11. The summed E-state index contributed by atoms with van der Waals surface area (Å²) in [7, 11) is 0. The Bertz CT molecular complexity index is 756. The van der Waals surface area contributed by atoms with Crippen LogP contribution in [-0.2, 0) is 6.42 Å². The van der Waals surface area contributed by atoms with Crippen molar-refractivity contribution in [3.63, 3.8) is 0 Å². The van der Waals surface area contributed by atoms with Crippen LogP contribution in [0.3, 0.4) is 0 Å². The van der Waals surface area contributed by atoms with Crippen molar-refractivity contribution in [1.82, 2.24) is 9.88 Å². The van der Waals surface area contributed by atoms with E-state index < -0.39 is 0 Å². The predicted molar refractivity (Wildman–Crippen MR) is 98.2 cm³/mol. The molecule has 0 N–H and O–H groups in total. The smallest absolute Gasteiger partial charge is 0.216 e. The van der Waals surface area contributed by atoms with Crippen LogP contribution in [0.4, 0.5) is 4.39 Å². The zero-order valence-corrected chi connectivity index (χ0v) is 14.3. The van der Waals surface area contributed by atoms with Gasteiger partial charge in [0, 0.05) is 18.3 Å². The van der Waals surface area contributed by atoms with Gasteiger partial charge in [-0.3, -0.25) is 9.78 Å². The second-order valence-electron chi connectivity index (χ2n) is 5.23. The molecule has 1 aromatic carbocycles. The lowest BCUT2D eigenvalue weighted by Crippen LogP contribution is -2.19. The maximum Gasteiger partial charge on any atom is 0.216 e. The summed E-state index contributed by atoms with van der Waals surface area (Å²) in [4.78, 5) is 17.6. The van der Waals surface area contributed by atoms with Gasteiger partial charge in [0.25, 0.3) is 0 Å². The molecule has 0 unspecified atom stereocenters. The second kappa shape index (κ2) is 8.45. The molecule has 2 rings (SSSR count). The topological polar surface area (TPSA) is 33.2 Å². The molecule has 0 amide bonds. The minimum absolute atomic E-state index is 0.245. The van der Waals surface area contributed by atoms with Gasteiger partial charge >= 0.3 is 0 Å². The van der Waals surface area contributed by atoms with Crippen molar-refractivity contribution in [2.24, 2.45) is 0 Å². The van der Waals surface area contributed by atoms with E-state index in [9.17, 15) is 9.18 Å². The standard InChI is InChI=1S/C19H19FN2OS/c1-3-11-22(12-9-15-4-6-17(20)7-5-15)14(2)18-13-16(19(23)24)8-10-21-18/h3-8,10-11,13H,2,9,12H2,1H3,(H,23,24)/b11-3-. The predicted octanol–water partition coefficient (Wildman–Crippen LogP) is 4.34. The summed E-state index contributed by atoms with van der Waals surface area (Å²) in [6.45, 7) is 6.66. The molecule has 0 saturated carbocycles. The van der Waals surface area contributed by atoms with E-state index in [1.807, 2.05) is 24.1 Å². The van der Waals surface area contributed by atoms with Crippen molar-refractivity contribution in [3.05, 3.63) is 84.1 Å². The van der Waals surface area contributed by atoms with E-state index in [2.05, 4.69) is 24.2 Å². The first-order chi connectivity index (χ1) is 11.5. The zero-order chi connectivity index (χ0) is 17.5. The van der Waals surface area contributed by atoms with Crippen LogP contribution in [-0.4, -0.2) is 21.5 Å². The quantitative estimate of drug-likeness (QED) is 0.760. The molecule has 0 radical (unpaired) electrons. The van der Waals surface area contributed by atoms with Crippen LogP contribution in [0, 0.1) is 5.82 Å². The highest BCUT2D eigenvalue weighted by molar-refractivity contribution is 7.97. The first-order valence-corrected chi connectivity index (χ1v) is 7.98. The van der Waals surface area contributed by atoms with Crippen LogP contribution in [0.15, 0.2) is 61.4 Å². The Hall–Kier alpha value is -2.40. The molecule has 0 aliphatic heterocycles. The molecule has 0 aliphatic rings. The summed E-state index contributed by atoms with van der Waals surface area (Å²) in [5.74, 6) is -0.245. The molecular formula is C19H19FN2OS. The molecule has 2 aromatic rings. The third-order valence-electron chi connectivity index (χ3n) is 3.53. The number of carbonyl (C=O) groups excluding carboxylic acids is 1. The Balaban J connectivity index is 2.14. The van der Waals surface area contributed by atoms with Crippen molar-refractivity contribution in [2.45, 2.75) is 13.3 Å². The van der Waals surface area contributed by atoms with E-state index in [1.165, 1.54) is 12.1 Å². The Morgan fingerprint density at radius 2 is 2.04 bits per heavy atom. The van der Waals surface area contributed by atoms with Crippen molar-refractivity contribution < 1.29 is 9.18 Å². The molecule has 0 atom stereocenters. The Morgan fingerprint density at radius 1 is 1.33 bits per heavy atom. The van der Waals surface area contributed by atoms with Gasteiger partial charge < -0.3 is 4.90 Å². The number of allylic oxidation sites excluding steroid dienone is 1. The SMILES string of the molecule is C=C(c1cc(C(=O)S)ccn1)N(/C=C\C)CCc1ccc(F)cc1. The van der Waals surface area contributed by atoms with Crippen LogP contribution >= 0.6 is 12.6 Å². The molecule has 0 bridgehead atoms. The molecule has 0 spiro atoms. The number of halogens is 1. The molecule has 3 nitrogen and oxygen atoms in total. The van der Waals surface area contributed by atoms with Gasteiger partial charge in [-0.2, -0.15) is 0 Å². The minimum atomic E-state index is -0.310. The van der Waals surface area contributed by atoms with Gasteiger partial charge in [-0.15, -0.1) is 12.6 Å². The summed E-state index contributed by atoms with van der Waals surface area (Å²) >= 11 is 3.84. The summed E-state index contributed by atoms with van der Waals surface area (Å²) in [6, 6.07) is 9.73. The summed E-state index contributed by atoms with van der Waals surface area (Å²) in [6.07, 6.45) is 6.11. The molecule has 0 saturated heterocycles. The largest absolute Gasteiger partial charge is 0.347 e. The van der Waals surface area contributed by atoms with Gasteiger partial charge in [0.15, 0.2) is 0 Å². The molecule has 5 heteroatoms. The van der Waals surface area contributed by atoms with Gasteiger partial charge in [0.05, 0.1) is 11.4 Å². The van der Waals surface area contributed by atoms with Gasteiger partial charge in [-0.25, -0.2) is 4.39 Å². The van der Waals surface area contributed by atoms with Crippen LogP contribution < -0.4 is 0 Å². The number of thiol groups is 1. The maximum absolute atomic E-state index is 13.0. The number of aromatic nitrogens is 1. The molecular weight excluding hydrogens is 323 g/mol. The first kappa shape index (κ1) is 17.9. The Morgan fingerprint density at radius 3 is 2.67 bits per heavy atom. The lowest BCUT2D eigenvalue weighted by molar-refractivity contribution is 0.109. The molecule has 124 valence electrons. The molecule has 0 aliphatic carbocycles. The number of pyridine rings is 1. The fourth-order valence-electron chi connectivity index (χ4n) is 2.25. The molecule has 0 fully saturated rings. The fourth-order valence-corrected chi connectivity index (χ4v) is 2.39. The number of hydrogen-bond acceptors (Lipinski definition) is 3. The number of rotatable bonds is 7. The Labute approximate surface area is 146 Å². The number of nitrogens with zero attached hydrogens (tertiary/aromatic N) is 2. The van der Waals surface area contributed by atoms with E-state index in [-0.39, 0.29) is 10.9 Å². The number of carbonyl (C=O) groups is 1. The number of hydrogen-bond donors (Lipinski definition) is 1. The lowest BCUT2D eigenvalue weighted by atomic mass is 10.1. The Kier molecular flexibility index (Phi) is 6.32. The fraction of sp³-hybridized carbons (Fsp3) is 0.158. The zero-order valence-electron chi connectivity index (χ0n) is 13.4. The van der Waals surface area contributed by atoms with Crippen LogP contribution in [0.1, 0.15) is 28.5 Å². The van der Waals surface area contributed by atoms with Crippen LogP contribution in [0.5, 0.6) is 0 Å². The normalized spacial score (nSPS) is 10.8. The van der Waals surface area contributed by atoms with Crippen LogP contribution in [0.2, 0.25) is 0 Å². The third-order valence-corrected chi connectivity index (χ3v) is 3.79. The van der Waals surface area contributed by atoms with Crippen molar-refractivity contribution in [1.29, 1.82) is 0 Å². The third kappa shape index (κ3) is 4.80. The minimum Gasteiger partial charge on any atom is -0.347 e. The van der Waals surface area contributed by atoms with E-state index in [0.717, 1.165) is 12.0 Å². The molecule has 1 aromatic heterocycles. The summed E-state index contributed by atoms with van der Waals surface area (Å²) in [5, 5.41) is -0.310. The van der Waals surface area contributed by atoms with E-state index >= 15 is 0 Å².